The molecule has 0 saturated carbocycles. The summed E-state index contributed by atoms with van der Waals surface area (Å²) in [6.45, 7) is -0.469. The van der Waals surface area contributed by atoms with Crippen molar-refractivity contribution in [3.05, 3.63) is 32.1 Å². The van der Waals surface area contributed by atoms with Gasteiger partial charge in [-0.1, -0.05) is 11.6 Å². The van der Waals surface area contributed by atoms with E-state index in [9.17, 15) is 14.0 Å². The number of nitrogens with zero attached hydrogens (tertiary/aromatic N) is 1. The molecule has 1 aliphatic heterocycles. The molecule has 0 unspecified atom stereocenters. The van der Waals surface area contributed by atoms with Crippen molar-refractivity contribution in [3.63, 3.8) is 0 Å². The second-order valence-corrected chi connectivity index (χ2v) is 4.11. The molecule has 0 aromatic carbocycles. The summed E-state index contributed by atoms with van der Waals surface area (Å²) >= 11 is 5.57. The van der Waals surface area contributed by atoms with Gasteiger partial charge in [-0.25, -0.2) is 9.18 Å². The molecule has 94 valence electrons. The second-order valence-electron chi connectivity index (χ2n) is 3.71. The highest BCUT2D eigenvalue weighted by atomic mass is 35.5. The molecule has 6 nitrogen and oxygen atoms in total. The van der Waals surface area contributed by atoms with Crippen LogP contribution in [0.5, 0.6) is 0 Å². The topological polar surface area (TPSA) is 84.3 Å². The smallest absolute Gasteiger partial charge is 0.330 e. The molecule has 1 aliphatic rings. The first kappa shape index (κ1) is 12.3. The van der Waals surface area contributed by atoms with Crippen molar-refractivity contribution in [3.8, 4) is 0 Å². The zero-order valence-electron chi connectivity index (χ0n) is 8.60. The van der Waals surface area contributed by atoms with Crippen LogP contribution in [0.1, 0.15) is 12.6 Å². The van der Waals surface area contributed by atoms with Crippen LogP contribution in [-0.2, 0) is 4.74 Å². The van der Waals surface area contributed by atoms with E-state index < -0.39 is 36.4 Å². The first-order chi connectivity index (χ1) is 8.02. The van der Waals surface area contributed by atoms with Gasteiger partial charge in [0.2, 0.25) is 0 Å². The average molecular weight is 265 g/mol. The van der Waals surface area contributed by atoms with Gasteiger partial charge in [0.1, 0.15) is 23.5 Å². The SMILES string of the molecule is O=c1[nH]c(=O)n([C@@H]2C[C@@H](F)[C@H](CO)O2)cc1Cl. The Morgan fingerprint density at radius 3 is 2.94 bits per heavy atom. The van der Waals surface area contributed by atoms with Gasteiger partial charge < -0.3 is 9.84 Å². The molecule has 17 heavy (non-hydrogen) atoms. The van der Waals surface area contributed by atoms with Gasteiger partial charge in [-0.15, -0.1) is 0 Å². The molecule has 0 spiro atoms. The minimum atomic E-state index is -1.36. The van der Waals surface area contributed by atoms with Crippen molar-refractivity contribution in [2.24, 2.45) is 0 Å². The van der Waals surface area contributed by atoms with Gasteiger partial charge in [0.05, 0.1) is 6.61 Å². The largest absolute Gasteiger partial charge is 0.394 e. The average Bonchev–Trinajstić information content (AvgIpc) is 2.65. The lowest BCUT2D eigenvalue weighted by molar-refractivity contribution is -0.0356. The molecule has 0 radical (unpaired) electrons. The summed E-state index contributed by atoms with van der Waals surface area (Å²) in [5.41, 5.74) is -1.43. The number of aromatic nitrogens is 2. The molecule has 1 fully saturated rings. The van der Waals surface area contributed by atoms with Crippen LogP contribution >= 0.6 is 11.6 Å². The Kier molecular flexibility index (Phi) is 3.32. The van der Waals surface area contributed by atoms with E-state index in [1.165, 1.54) is 0 Å². The van der Waals surface area contributed by atoms with Crippen LogP contribution in [-0.4, -0.2) is 33.5 Å². The number of rotatable bonds is 2. The predicted octanol–water partition coefficient (Wildman–Crippen LogP) is -0.192. The monoisotopic (exact) mass is 264 g/mol. The normalized spacial score (nSPS) is 28.5. The summed E-state index contributed by atoms with van der Waals surface area (Å²) in [4.78, 5) is 24.5. The molecule has 2 heterocycles. The zero-order valence-corrected chi connectivity index (χ0v) is 9.35. The van der Waals surface area contributed by atoms with Crippen LogP contribution in [0.3, 0.4) is 0 Å². The van der Waals surface area contributed by atoms with Gasteiger partial charge in [-0.05, 0) is 0 Å². The molecule has 3 atom stereocenters. The Bertz CT molecular complexity index is 528. The summed E-state index contributed by atoms with van der Waals surface area (Å²) in [6, 6.07) is 0. The minimum Gasteiger partial charge on any atom is -0.394 e. The molecule has 0 aliphatic carbocycles. The van der Waals surface area contributed by atoms with E-state index in [1.54, 1.807) is 0 Å². The minimum absolute atomic E-state index is 0.0759. The van der Waals surface area contributed by atoms with Crippen LogP contribution in [0.4, 0.5) is 4.39 Å². The van der Waals surface area contributed by atoms with Crippen LogP contribution < -0.4 is 11.2 Å². The van der Waals surface area contributed by atoms with Crippen LogP contribution in [0.15, 0.2) is 15.8 Å². The highest BCUT2D eigenvalue weighted by Gasteiger charge is 2.36. The van der Waals surface area contributed by atoms with Crippen molar-refractivity contribution in [1.29, 1.82) is 0 Å². The third-order valence-electron chi connectivity index (χ3n) is 2.58. The molecule has 0 amide bonds. The van der Waals surface area contributed by atoms with E-state index in [0.29, 0.717) is 0 Å². The first-order valence-corrected chi connectivity index (χ1v) is 5.32. The fraction of sp³-hybridized carbons (Fsp3) is 0.556. The summed E-state index contributed by atoms with van der Waals surface area (Å²) in [5.74, 6) is 0. The molecule has 2 N–H and O–H groups in total. The number of H-pyrrole nitrogens is 1. The van der Waals surface area contributed by atoms with Crippen molar-refractivity contribution < 1.29 is 14.2 Å². The lowest BCUT2D eigenvalue weighted by atomic mass is 10.2. The van der Waals surface area contributed by atoms with Crippen molar-refractivity contribution in [1.82, 2.24) is 9.55 Å². The lowest BCUT2D eigenvalue weighted by Gasteiger charge is -2.14. The molecule has 1 aromatic heterocycles. The molecule has 1 saturated heterocycles. The predicted molar refractivity (Wildman–Crippen MR) is 56.8 cm³/mol. The summed E-state index contributed by atoms with van der Waals surface area (Å²) in [7, 11) is 0. The van der Waals surface area contributed by atoms with E-state index in [1.807, 2.05) is 4.98 Å². The number of halogens is 2. The van der Waals surface area contributed by atoms with E-state index >= 15 is 0 Å². The van der Waals surface area contributed by atoms with Crippen LogP contribution in [0, 0.1) is 0 Å². The van der Waals surface area contributed by atoms with Gasteiger partial charge in [0, 0.05) is 12.6 Å². The zero-order chi connectivity index (χ0) is 12.6. The molecular weight excluding hydrogens is 255 g/mol. The maximum absolute atomic E-state index is 13.3. The molecular formula is C9H10ClFN2O4. The Balaban J connectivity index is 2.34. The fourth-order valence-electron chi connectivity index (χ4n) is 1.70. The number of aliphatic hydroxyl groups excluding tert-OH is 1. The maximum atomic E-state index is 13.3. The number of hydrogen-bond donors (Lipinski definition) is 2. The lowest BCUT2D eigenvalue weighted by Crippen LogP contribution is -2.32. The van der Waals surface area contributed by atoms with Crippen molar-refractivity contribution in [2.45, 2.75) is 24.9 Å². The molecule has 2 rings (SSSR count). The number of alkyl halides is 1. The van der Waals surface area contributed by atoms with E-state index in [0.717, 1.165) is 10.8 Å². The van der Waals surface area contributed by atoms with Crippen LogP contribution in [0.2, 0.25) is 5.02 Å². The number of nitrogens with one attached hydrogen (secondary N) is 1. The second kappa shape index (κ2) is 4.59. The van der Waals surface area contributed by atoms with Gasteiger partial charge >= 0.3 is 5.69 Å². The van der Waals surface area contributed by atoms with Gasteiger partial charge in [-0.2, -0.15) is 0 Å². The number of hydrogen-bond acceptors (Lipinski definition) is 4. The first-order valence-electron chi connectivity index (χ1n) is 4.94. The Morgan fingerprint density at radius 2 is 2.35 bits per heavy atom. The van der Waals surface area contributed by atoms with E-state index in [4.69, 9.17) is 21.4 Å². The Labute approximate surface area is 99.6 Å². The van der Waals surface area contributed by atoms with E-state index in [2.05, 4.69) is 0 Å². The van der Waals surface area contributed by atoms with Gasteiger partial charge in [0.25, 0.3) is 5.56 Å². The Hall–Kier alpha value is -1.18. The molecule has 1 aromatic rings. The number of ether oxygens (including phenoxy) is 1. The summed E-state index contributed by atoms with van der Waals surface area (Å²) in [5, 5.41) is 8.65. The fourth-order valence-corrected chi connectivity index (χ4v) is 1.85. The van der Waals surface area contributed by atoms with Crippen molar-refractivity contribution >= 4 is 11.6 Å². The number of aromatic amines is 1. The van der Waals surface area contributed by atoms with E-state index in [-0.39, 0.29) is 11.4 Å². The highest BCUT2D eigenvalue weighted by molar-refractivity contribution is 6.30. The standard InChI is InChI=1S/C9H10ClFN2O4/c10-4-2-13(9(16)12-8(4)15)7-1-5(11)6(3-14)17-7/h2,5-7,14H,1,3H2,(H,12,15,16)/t5-,6+,7+/m1/s1. The van der Waals surface area contributed by atoms with Crippen LogP contribution in [0.25, 0.3) is 0 Å². The quantitative estimate of drug-likeness (QED) is 0.775. The summed E-state index contributed by atoms with van der Waals surface area (Å²) < 4.78 is 19.5. The Morgan fingerprint density at radius 1 is 1.65 bits per heavy atom. The summed E-state index contributed by atoms with van der Waals surface area (Å²) in [6.07, 6.45) is -2.17. The van der Waals surface area contributed by atoms with Crippen molar-refractivity contribution in [2.75, 3.05) is 6.61 Å². The van der Waals surface area contributed by atoms with Gasteiger partial charge in [-0.3, -0.25) is 14.3 Å². The molecule has 0 bridgehead atoms. The maximum Gasteiger partial charge on any atom is 0.330 e. The number of aliphatic hydroxyl groups is 1. The third kappa shape index (κ3) is 2.26. The molecule has 8 heteroatoms. The third-order valence-corrected chi connectivity index (χ3v) is 2.85. The highest BCUT2D eigenvalue weighted by Crippen LogP contribution is 2.29. The van der Waals surface area contributed by atoms with Gasteiger partial charge in [0.15, 0.2) is 0 Å².